The van der Waals surface area contributed by atoms with Crippen molar-refractivity contribution < 1.29 is 0 Å². The van der Waals surface area contributed by atoms with E-state index < -0.39 is 0 Å². The Bertz CT molecular complexity index is 108. The van der Waals surface area contributed by atoms with Gasteiger partial charge < -0.3 is 16.0 Å². The van der Waals surface area contributed by atoms with Crippen LogP contribution in [0.1, 0.15) is 19.8 Å². The van der Waals surface area contributed by atoms with Crippen LogP contribution in [0, 0.1) is 0 Å². The number of hydrogen-bond acceptors (Lipinski definition) is 3. The molecule has 3 nitrogen and oxygen atoms in total. The lowest BCUT2D eigenvalue weighted by Gasteiger charge is -2.31. The van der Waals surface area contributed by atoms with Crippen molar-refractivity contribution in [1.29, 1.82) is 0 Å². The first-order valence-corrected chi connectivity index (χ1v) is 5.02. The Kier molecular flexibility index (Phi) is 4.58. The van der Waals surface area contributed by atoms with E-state index in [1.165, 1.54) is 32.5 Å². The van der Waals surface area contributed by atoms with Gasteiger partial charge in [0.2, 0.25) is 0 Å². The molecule has 1 rings (SSSR count). The Morgan fingerprint density at radius 3 is 2.58 bits per heavy atom. The van der Waals surface area contributed by atoms with E-state index in [1.807, 2.05) is 0 Å². The minimum Gasteiger partial charge on any atom is -0.329 e. The number of nitrogens with two attached hydrogens (primary N) is 1. The van der Waals surface area contributed by atoms with E-state index in [0.717, 1.165) is 19.1 Å². The predicted molar refractivity (Wildman–Crippen MR) is 52.2 cm³/mol. The van der Waals surface area contributed by atoms with E-state index in [1.54, 1.807) is 0 Å². The number of hydrogen-bond donors (Lipinski definition) is 2. The first kappa shape index (κ1) is 9.96. The van der Waals surface area contributed by atoms with Crippen molar-refractivity contribution in [1.82, 2.24) is 10.2 Å². The molecule has 0 aromatic rings. The number of likely N-dealkylation sites (tertiary alicyclic amines) is 1. The molecule has 1 aliphatic heterocycles. The lowest BCUT2D eigenvalue weighted by molar-refractivity contribution is 0.207. The SMILES string of the molecule is CCN1CCC(NCCN)CC1. The topological polar surface area (TPSA) is 41.3 Å². The summed E-state index contributed by atoms with van der Waals surface area (Å²) in [5.41, 5.74) is 5.43. The second-order valence-electron chi connectivity index (χ2n) is 3.45. The highest BCUT2D eigenvalue weighted by Crippen LogP contribution is 2.08. The average Bonchev–Trinajstić information content (AvgIpc) is 2.15. The molecule has 72 valence electrons. The zero-order valence-electron chi connectivity index (χ0n) is 8.05. The normalized spacial score (nSPS) is 21.5. The molecule has 1 heterocycles. The quantitative estimate of drug-likeness (QED) is 0.626. The molecular weight excluding hydrogens is 150 g/mol. The maximum Gasteiger partial charge on any atom is 0.00919 e. The molecule has 0 radical (unpaired) electrons. The standard InChI is InChI=1S/C9H21N3/c1-2-12-7-3-9(4-8-12)11-6-5-10/h9,11H,2-8,10H2,1H3. The third kappa shape index (κ3) is 3.09. The van der Waals surface area contributed by atoms with Gasteiger partial charge in [-0.3, -0.25) is 0 Å². The number of nitrogens with zero attached hydrogens (tertiary/aromatic N) is 1. The Labute approximate surface area is 75.3 Å². The summed E-state index contributed by atoms with van der Waals surface area (Å²) in [6.45, 7) is 7.65. The predicted octanol–water partition coefficient (Wildman–Crippen LogP) is 0.0190. The van der Waals surface area contributed by atoms with Crippen LogP contribution in [0.3, 0.4) is 0 Å². The van der Waals surface area contributed by atoms with Gasteiger partial charge in [0.15, 0.2) is 0 Å². The highest BCUT2D eigenvalue weighted by Gasteiger charge is 2.16. The van der Waals surface area contributed by atoms with Crippen molar-refractivity contribution in [3.05, 3.63) is 0 Å². The molecular formula is C9H21N3. The number of nitrogens with one attached hydrogen (secondary N) is 1. The smallest absolute Gasteiger partial charge is 0.00919 e. The second-order valence-corrected chi connectivity index (χ2v) is 3.45. The van der Waals surface area contributed by atoms with Crippen LogP contribution in [0.15, 0.2) is 0 Å². The van der Waals surface area contributed by atoms with Crippen LogP contribution in [0.25, 0.3) is 0 Å². The third-order valence-corrected chi connectivity index (χ3v) is 2.61. The lowest BCUT2D eigenvalue weighted by atomic mass is 10.1. The molecule has 1 aliphatic rings. The minimum absolute atomic E-state index is 0.719. The molecule has 0 amide bonds. The molecule has 1 fully saturated rings. The highest BCUT2D eigenvalue weighted by molar-refractivity contribution is 4.76. The summed E-state index contributed by atoms with van der Waals surface area (Å²) < 4.78 is 0. The summed E-state index contributed by atoms with van der Waals surface area (Å²) in [5, 5.41) is 3.46. The van der Waals surface area contributed by atoms with Crippen molar-refractivity contribution >= 4 is 0 Å². The molecule has 0 bridgehead atoms. The summed E-state index contributed by atoms with van der Waals surface area (Å²) in [5.74, 6) is 0. The van der Waals surface area contributed by atoms with E-state index in [0.29, 0.717) is 0 Å². The highest BCUT2D eigenvalue weighted by atomic mass is 15.1. The van der Waals surface area contributed by atoms with E-state index in [9.17, 15) is 0 Å². The zero-order valence-corrected chi connectivity index (χ0v) is 8.05. The Hall–Kier alpha value is -0.120. The number of rotatable bonds is 4. The molecule has 12 heavy (non-hydrogen) atoms. The summed E-state index contributed by atoms with van der Waals surface area (Å²) in [6, 6.07) is 0.719. The van der Waals surface area contributed by atoms with Crippen LogP contribution in [0.4, 0.5) is 0 Å². The summed E-state index contributed by atoms with van der Waals surface area (Å²) >= 11 is 0. The zero-order chi connectivity index (χ0) is 8.81. The largest absolute Gasteiger partial charge is 0.329 e. The number of piperidine rings is 1. The Balaban J connectivity index is 2.09. The van der Waals surface area contributed by atoms with E-state index in [4.69, 9.17) is 5.73 Å². The third-order valence-electron chi connectivity index (χ3n) is 2.61. The van der Waals surface area contributed by atoms with Gasteiger partial charge in [0.25, 0.3) is 0 Å². The summed E-state index contributed by atoms with van der Waals surface area (Å²) in [6.07, 6.45) is 2.57. The molecule has 0 unspecified atom stereocenters. The van der Waals surface area contributed by atoms with Crippen LogP contribution < -0.4 is 11.1 Å². The maximum atomic E-state index is 5.43. The van der Waals surface area contributed by atoms with Crippen molar-refractivity contribution in [2.45, 2.75) is 25.8 Å². The van der Waals surface area contributed by atoms with Gasteiger partial charge in [0.1, 0.15) is 0 Å². The van der Waals surface area contributed by atoms with Crippen LogP contribution >= 0.6 is 0 Å². The maximum absolute atomic E-state index is 5.43. The van der Waals surface area contributed by atoms with Gasteiger partial charge in [-0.1, -0.05) is 6.92 Å². The molecule has 0 aliphatic carbocycles. The molecule has 0 aromatic heterocycles. The first-order valence-electron chi connectivity index (χ1n) is 5.02. The Morgan fingerprint density at radius 2 is 2.08 bits per heavy atom. The van der Waals surface area contributed by atoms with E-state index >= 15 is 0 Å². The van der Waals surface area contributed by atoms with Gasteiger partial charge in [0, 0.05) is 19.1 Å². The van der Waals surface area contributed by atoms with Crippen LogP contribution in [0.5, 0.6) is 0 Å². The average molecular weight is 171 g/mol. The molecule has 0 saturated carbocycles. The van der Waals surface area contributed by atoms with Gasteiger partial charge in [-0.05, 0) is 32.5 Å². The second kappa shape index (κ2) is 5.51. The minimum atomic E-state index is 0.719. The lowest BCUT2D eigenvalue weighted by Crippen LogP contribution is -2.43. The molecule has 0 aromatic carbocycles. The first-order chi connectivity index (χ1) is 5.86. The molecule has 3 heteroatoms. The molecule has 0 spiro atoms. The van der Waals surface area contributed by atoms with E-state index in [-0.39, 0.29) is 0 Å². The van der Waals surface area contributed by atoms with Crippen molar-refractivity contribution in [2.24, 2.45) is 5.73 Å². The monoisotopic (exact) mass is 171 g/mol. The molecule has 0 atom stereocenters. The van der Waals surface area contributed by atoms with Gasteiger partial charge in [-0.25, -0.2) is 0 Å². The van der Waals surface area contributed by atoms with Crippen molar-refractivity contribution in [3.8, 4) is 0 Å². The van der Waals surface area contributed by atoms with Gasteiger partial charge >= 0.3 is 0 Å². The fourth-order valence-corrected chi connectivity index (χ4v) is 1.74. The fraction of sp³-hybridized carbons (Fsp3) is 1.00. The van der Waals surface area contributed by atoms with Crippen molar-refractivity contribution in [2.75, 3.05) is 32.7 Å². The fourth-order valence-electron chi connectivity index (χ4n) is 1.74. The van der Waals surface area contributed by atoms with Gasteiger partial charge in [-0.15, -0.1) is 0 Å². The van der Waals surface area contributed by atoms with Gasteiger partial charge in [0.05, 0.1) is 0 Å². The molecule has 3 N–H and O–H groups in total. The van der Waals surface area contributed by atoms with Crippen LogP contribution in [-0.4, -0.2) is 43.7 Å². The summed E-state index contributed by atoms with van der Waals surface area (Å²) in [7, 11) is 0. The van der Waals surface area contributed by atoms with Crippen LogP contribution in [0.2, 0.25) is 0 Å². The van der Waals surface area contributed by atoms with E-state index in [2.05, 4.69) is 17.1 Å². The molecule has 1 saturated heterocycles. The van der Waals surface area contributed by atoms with Crippen molar-refractivity contribution in [3.63, 3.8) is 0 Å². The van der Waals surface area contributed by atoms with Gasteiger partial charge in [-0.2, -0.15) is 0 Å². The Morgan fingerprint density at radius 1 is 1.42 bits per heavy atom. The van der Waals surface area contributed by atoms with Crippen LogP contribution in [-0.2, 0) is 0 Å². The summed E-state index contributed by atoms with van der Waals surface area (Å²) in [4.78, 5) is 2.50.